The highest BCUT2D eigenvalue weighted by atomic mass is 16.6. The second kappa shape index (κ2) is 6.00. The number of aliphatic carboxylic acids is 1. The standard InChI is InChI=1S/C14H13N3O4/c1-2-4-11(14(18)19)16-10-7-8-15-13-9(10)5-3-6-12(13)17(20)21/h2-3,5-8,11H,1,4H2,(H,15,16)(H,18,19). The van der Waals surface area contributed by atoms with Crippen LogP contribution in [0.2, 0.25) is 0 Å². The molecule has 0 fully saturated rings. The van der Waals surface area contributed by atoms with E-state index in [4.69, 9.17) is 5.11 Å². The lowest BCUT2D eigenvalue weighted by Gasteiger charge is -2.15. The third kappa shape index (κ3) is 2.97. The molecule has 7 heteroatoms. The molecule has 0 saturated carbocycles. The number of nitro groups is 1. The van der Waals surface area contributed by atoms with Crippen LogP contribution in [0.1, 0.15) is 6.42 Å². The van der Waals surface area contributed by atoms with Crippen molar-refractivity contribution in [2.45, 2.75) is 12.5 Å². The highest BCUT2D eigenvalue weighted by Gasteiger charge is 2.19. The topological polar surface area (TPSA) is 105 Å². The number of carboxylic acids is 1. The number of fused-ring (bicyclic) bond motifs is 1. The zero-order valence-electron chi connectivity index (χ0n) is 11.0. The van der Waals surface area contributed by atoms with Gasteiger partial charge >= 0.3 is 5.97 Å². The number of nitrogens with one attached hydrogen (secondary N) is 1. The number of pyridine rings is 1. The number of aromatic nitrogens is 1. The predicted octanol–water partition coefficient (Wildman–Crippen LogP) is 2.58. The highest BCUT2D eigenvalue weighted by molar-refractivity contribution is 5.97. The molecule has 7 nitrogen and oxygen atoms in total. The number of carbonyl (C=O) groups is 1. The minimum absolute atomic E-state index is 0.119. The Kier molecular flexibility index (Phi) is 4.13. The van der Waals surface area contributed by atoms with Crippen LogP contribution in [0.25, 0.3) is 10.9 Å². The van der Waals surface area contributed by atoms with E-state index in [1.807, 2.05) is 0 Å². The fraction of sp³-hybridized carbons (Fsp3) is 0.143. The van der Waals surface area contributed by atoms with Crippen LogP contribution in [0.5, 0.6) is 0 Å². The van der Waals surface area contributed by atoms with Gasteiger partial charge < -0.3 is 10.4 Å². The molecule has 0 aliphatic carbocycles. The first kappa shape index (κ1) is 14.4. The number of rotatable bonds is 6. The van der Waals surface area contributed by atoms with Crippen molar-refractivity contribution in [3.8, 4) is 0 Å². The van der Waals surface area contributed by atoms with E-state index >= 15 is 0 Å². The minimum atomic E-state index is -1.02. The SMILES string of the molecule is C=CCC(Nc1ccnc2c([N+](=O)[O-])cccc12)C(=O)O. The van der Waals surface area contributed by atoms with Crippen molar-refractivity contribution >= 4 is 28.2 Å². The smallest absolute Gasteiger partial charge is 0.326 e. The van der Waals surface area contributed by atoms with Crippen molar-refractivity contribution in [1.29, 1.82) is 0 Å². The lowest BCUT2D eigenvalue weighted by molar-refractivity contribution is -0.383. The maximum absolute atomic E-state index is 11.2. The van der Waals surface area contributed by atoms with Crippen LogP contribution >= 0.6 is 0 Å². The van der Waals surface area contributed by atoms with E-state index in [1.54, 1.807) is 12.1 Å². The predicted molar refractivity (Wildman–Crippen MR) is 78.3 cm³/mol. The van der Waals surface area contributed by atoms with Crippen molar-refractivity contribution in [3.05, 3.63) is 53.2 Å². The third-order valence-electron chi connectivity index (χ3n) is 2.98. The molecule has 0 amide bonds. The van der Waals surface area contributed by atoms with Gasteiger partial charge in [0.15, 0.2) is 0 Å². The Morgan fingerprint density at radius 2 is 2.29 bits per heavy atom. The summed E-state index contributed by atoms with van der Waals surface area (Å²) in [5.74, 6) is -1.02. The zero-order chi connectivity index (χ0) is 15.4. The van der Waals surface area contributed by atoms with E-state index in [2.05, 4.69) is 16.9 Å². The first-order chi connectivity index (χ1) is 10.0. The fourth-order valence-electron chi connectivity index (χ4n) is 2.01. The maximum atomic E-state index is 11.2. The summed E-state index contributed by atoms with van der Waals surface area (Å²) < 4.78 is 0. The average molecular weight is 287 g/mol. The van der Waals surface area contributed by atoms with Crippen LogP contribution in [0.3, 0.4) is 0 Å². The zero-order valence-corrected chi connectivity index (χ0v) is 11.0. The van der Waals surface area contributed by atoms with E-state index in [0.717, 1.165) is 0 Å². The highest BCUT2D eigenvalue weighted by Crippen LogP contribution is 2.29. The van der Waals surface area contributed by atoms with Gasteiger partial charge in [-0.3, -0.25) is 10.1 Å². The van der Waals surface area contributed by atoms with E-state index in [0.29, 0.717) is 11.1 Å². The molecule has 1 atom stereocenters. The number of nitro benzene ring substituents is 1. The summed E-state index contributed by atoms with van der Waals surface area (Å²) in [6.45, 7) is 3.52. The van der Waals surface area contributed by atoms with Crippen molar-refractivity contribution < 1.29 is 14.8 Å². The molecular weight excluding hydrogens is 274 g/mol. The van der Waals surface area contributed by atoms with Crippen LogP contribution in [-0.2, 0) is 4.79 Å². The summed E-state index contributed by atoms with van der Waals surface area (Å²) in [6, 6.07) is 5.29. The van der Waals surface area contributed by atoms with Gasteiger partial charge in [0.2, 0.25) is 0 Å². The molecule has 2 aromatic rings. The number of benzene rings is 1. The van der Waals surface area contributed by atoms with Crippen LogP contribution in [-0.4, -0.2) is 27.0 Å². The lowest BCUT2D eigenvalue weighted by Crippen LogP contribution is -2.28. The second-order valence-corrected chi connectivity index (χ2v) is 4.35. The number of para-hydroxylation sites is 1. The largest absolute Gasteiger partial charge is 0.480 e. The van der Waals surface area contributed by atoms with Gasteiger partial charge in [-0.1, -0.05) is 18.2 Å². The molecule has 0 aliphatic heterocycles. The number of hydrogen-bond donors (Lipinski definition) is 2. The molecule has 0 spiro atoms. The molecule has 1 aromatic heterocycles. The Morgan fingerprint density at radius 3 is 2.90 bits per heavy atom. The first-order valence-electron chi connectivity index (χ1n) is 6.17. The van der Waals surface area contributed by atoms with E-state index in [9.17, 15) is 14.9 Å². The number of carboxylic acid groups (broad SMARTS) is 1. The summed E-state index contributed by atoms with van der Waals surface area (Å²) in [7, 11) is 0. The van der Waals surface area contributed by atoms with Crippen molar-refractivity contribution in [2.24, 2.45) is 0 Å². The molecule has 0 radical (unpaired) electrons. The Bertz CT molecular complexity index is 714. The molecule has 2 rings (SSSR count). The Morgan fingerprint density at radius 1 is 1.52 bits per heavy atom. The van der Waals surface area contributed by atoms with Crippen molar-refractivity contribution in [1.82, 2.24) is 4.98 Å². The van der Waals surface area contributed by atoms with Crippen LogP contribution in [0, 0.1) is 10.1 Å². The van der Waals surface area contributed by atoms with E-state index in [-0.39, 0.29) is 17.6 Å². The van der Waals surface area contributed by atoms with Gasteiger partial charge in [-0.25, -0.2) is 9.78 Å². The third-order valence-corrected chi connectivity index (χ3v) is 2.98. The van der Waals surface area contributed by atoms with Gasteiger partial charge in [-0.2, -0.15) is 0 Å². The molecule has 1 unspecified atom stereocenters. The molecule has 0 saturated heterocycles. The van der Waals surface area contributed by atoms with Gasteiger partial charge in [0.25, 0.3) is 5.69 Å². The molecule has 1 aromatic carbocycles. The Balaban J connectivity index is 2.50. The molecule has 2 N–H and O–H groups in total. The summed E-state index contributed by atoms with van der Waals surface area (Å²) in [5, 5.41) is 23.5. The maximum Gasteiger partial charge on any atom is 0.326 e. The fourth-order valence-corrected chi connectivity index (χ4v) is 2.01. The normalized spacial score (nSPS) is 11.8. The van der Waals surface area contributed by atoms with Gasteiger partial charge in [-0.05, 0) is 12.5 Å². The number of anilines is 1. The van der Waals surface area contributed by atoms with Crippen LogP contribution in [0.4, 0.5) is 11.4 Å². The quantitative estimate of drug-likeness (QED) is 0.480. The summed E-state index contributed by atoms with van der Waals surface area (Å²) in [6.07, 6.45) is 3.14. The first-order valence-corrected chi connectivity index (χ1v) is 6.17. The number of non-ortho nitro benzene ring substituents is 1. The van der Waals surface area contributed by atoms with Gasteiger partial charge in [0.1, 0.15) is 11.6 Å². The monoisotopic (exact) mass is 287 g/mol. The van der Waals surface area contributed by atoms with Crippen molar-refractivity contribution in [2.75, 3.05) is 5.32 Å². The minimum Gasteiger partial charge on any atom is -0.480 e. The molecular formula is C14H13N3O4. The Labute approximate surface area is 120 Å². The van der Waals surface area contributed by atoms with Crippen LogP contribution in [0.15, 0.2) is 43.1 Å². The van der Waals surface area contributed by atoms with Crippen molar-refractivity contribution in [3.63, 3.8) is 0 Å². The number of hydrogen-bond acceptors (Lipinski definition) is 5. The van der Waals surface area contributed by atoms with E-state index in [1.165, 1.54) is 24.4 Å². The Hall–Kier alpha value is -2.96. The summed E-state index contributed by atoms with van der Waals surface area (Å²) in [4.78, 5) is 25.7. The molecule has 108 valence electrons. The molecule has 21 heavy (non-hydrogen) atoms. The van der Waals surface area contributed by atoms with Gasteiger partial charge in [0, 0.05) is 23.3 Å². The summed E-state index contributed by atoms with van der Waals surface area (Å²) >= 11 is 0. The lowest BCUT2D eigenvalue weighted by atomic mass is 10.1. The van der Waals surface area contributed by atoms with E-state index < -0.39 is 16.9 Å². The number of nitrogens with zero attached hydrogens (tertiary/aromatic N) is 2. The van der Waals surface area contributed by atoms with Gasteiger partial charge in [-0.15, -0.1) is 6.58 Å². The van der Waals surface area contributed by atoms with Crippen LogP contribution < -0.4 is 5.32 Å². The molecule has 0 aliphatic rings. The molecule has 1 heterocycles. The van der Waals surface area contributed by atoms with Gasteiger partial charge in [0.05, 0.1) is 4.92 Å². The summed E-state index contributed by atoms with van der Waals surface area (Å²) in [5.41, 5.74) is 0.583. The second-order valence-electron chi connectivity index (χ2n) is 4.35. The average Bonchev–Trinajstić information content (AvgIpc) is 2.46. The molecule has 0 bridgehead atoms.